The highest BCUT2D eigenvalue weighted by atomic mass is 19.4. The highest BCUT2D eigenvalue weighted by molar-refractivity contribution is 5.97. The molecule has 2 aromatic heterocycles. The molecule has 0 fully saturated rings. The summed E-state index contributed by atoms with van der Waals surface area (Å²) in [4.78, 5) is 11.3. The van der Waals surface area contributed by atoms with Crippen LogP contribution >= 0.6 is 0 Å². The normalized spacial score (nSPS) is 21.7. The zero-order chi connectivity index (χ0) is 15.2. The Morgan fingerprint density at radius 2 is 2.29 bits per heavy atom. The van der Waals surface area contributed by atoms with Crippen LogP contribution in [0.3, 0.4) is 0 Å². The number of alkyl halides is 3. The Morgan fingerprint density at radius 3 is 2.86 bits per heavy atom. The van der Waals surface area contributed by atoms with Crippen LogP contribution in [0.2, 0.25) is 0 Å². The summed E-state index contributed by atoms with van der Waals surface area (Å²) < 4.78 is 45.5. The van der Waals surface area contributed by atoms with E-state index in [0.717, 1.165) is 10.9 Å². The van der Waals surface area contributed by atoms with Gasteiger partial charge in [-0.15, -0.1) is 0 Å². The second-order valence-electron chi connectivity index (χ2n) is 4.72. The summed E-state index contributed by atoms with van der Waals surface area (Å²) in [5.74, 6) is -0.533. The Hall–Kier alpha value is -2.45. The van der Waals surface area contributed by atoms with Crippen molar-refractivity contribution in [2.45, 2.75) is 24.7 Å². The molecule has 0 saturated carbocycles. The number of anilines is 1. The van der Waals surface area contributed by atoms with Gasteiger partial charge in [-0.3, -0.25) is 4.79 Å². The van der Waals surface area contributed by atoms with E-state index in [0.29, 0.717) is 5.76 Å². The lowest BCUT2D eigenvalue weighted by Gasteiger charge is -2.32. The second-order valence-corrected chi connectivity index (χ2v) is 4.72. The molecule has 0 bridgehead atoms. The molecule has 1 amide bonds. The van der Waals surface area contributed by atoms with E-state index < -0.39 is 24.2 Å². The number of halogens is 3. The molecule has 0 radical (unpaired) electrons. The first kappa shape index (κ1) is 13.5. The number of hydrogen-bond donors (Lipinski definition) is 2. The van der Waals surface area contributed by atoms with Crippen LogP contribution in [0.15, 0.2) is 29.0 Å². The Morgan fingerprint density at radius 1 is 1.52 bits per heavy atom. The van der Waals surface area contributed by atoms with Gasteiger partial charge in [-0.2, -0.15) is 18.3 Å². The second kappa shape index (κ2) is 4.54. The molecule has 2 atom stereocenters. The molecule has 0 saturated heterocycles. The van der Waals surface area contributed by atoms with Gasteiger partial charge in [0.2, 0.25) is 0 Å². The highest BCUT2D eigenvalue weighted by Crippen LogP contribution is 2.44. The van der Waals surface area contributed by atoms with Gasteiger partial charge in [0.25, 0.3) is 5.91 Å². The third kappa shape index (κ3) is 2.24. The molecule has 6 nitrogen and oxygen atoms in total. The number of fused-ring (bicyclic) bond motifs is 1. The molecule has 112 valence electrons. The molecule has 21 heavy (non-hydrogen) atoms. The summed E-state index contributed by atoms with van der Waals surface area (Å²) in [5, 5.41) is 6.48. The predicted molar refractivity (Wildman–Crippen MR) is 65.5 cm³/mol. The Labute approximate surface area is 116 Å². The number of aromatic nitrogens is 2. The third-order valence-electron chi connectivity index (χ3n) is 3.39. The van der Waals surface area contributed by atoms with Gasteiger partial charge in [-0.25, -0.2) is 4.68 Å². The summed E-state index contributed by atoms with van der Waals surface area (Å²) in [6.45, 7) is 0. The molecule has 3 N–H and O–H groups in total. The van der Waals surface area contributed by atoms with E-state index in [4.69, 9.17) is 10.2 Å². The standard InChI is InChI=1S/C12H11F3N4O2/c13-12(14,15)9-4-7(8-2-1-3-21-8)18-11-6(10(16)20)5-17-19(9)11/h1-3,5,7,9,18H,4H2,(H2,16,20)/t7-,9+/m0/s1. The summed E-state index contributed by atoms with van der Waals surface area (Å²) in [5.41, 5.74) is 5.08. The lowest BCUT2D eigenvalue weighted by Crippen LogP contribution is -2.36. The van der Waals surface area contributed by atoms with Crippen molar-refractivity contribution in [3.63, 3.8) is 0 Å². The molecule has 0 aliphatic carbocycles. The van der Waals surface area contributed by atoms with Gasteiger partial charge in [0.05, 0.1) is 18.5 Å². The molecule has 1 aliphatic rings. The predicted octanol–water partition coefficient (Wildman–Crippen LogP) is 2.24. The van der Waals surface area contributed by atoms with Crippen LogP contribution in [0, 0.1) is 0 Å². The average molecular weight is 300 g/mol. The SMILES string of the molecule is NC(=O)c1cnn2c1N[C@H](c1ccco1)C[C@@H]2C(F)(F)F. The number of nitrogens with one attached hydrogen (secondary N) is 1. The monoisotopic (exact) mass is 300 g/mol. The van der Waals surface area contributed by atoms with E-state index in [1.54, 1.807) is 12.1 Å². The van der Waals surface area contributed by atoms with Gasteiger partial charge >= 0.3 is 6.18 Å². The largest absolute Gasteiger partial charge is 0.467 e. The van der Waals surface area contributed by atoms with E-state index >= 15 is 0 Å². The fourth-order valence-electron chi connectivity index (χ4n) is 2.42. The van der Waals surface area contributed by atoms with Crippen molar-refractivity contribution in [2.75, 3.05) is 5.32 Å². The maximum Gasteiger partial charge on any atom is 0.410 e. The zero-order valence-electron chi connectivity index (χ0n) is 10.6. The van der Waals surface area contributed by atoms with Crippen LogP contribution in [0.4, 0.5) is 19.0 Å². The Balaban J connectivity index is 2.07. The molecule has 1 aliphatic heterocycles. The molecular weight excluding hydrogens is 289 g/mol. The van der Waals surface area contributed by atoms with Gasteiger partial charge in [0, 0.05) is 6.42 Å². The minimum atomic E-state index is -4.50. The summed E-state index contributed by atoms with van der Waals surface area (Å²) in [6, 6.07) is 0.590. The van der Waals surface area contributed by atoms with Crippen LogP contribution < -0.4 is 11.1 Å². The number of rotatable bonds is 2. The average Bonchev–Trinajstić information content (AvgIpc) is 3.05. The van der Waals surface area contributed by atoms with Crippen LogP contribution in [0.1, 0.15) is 34.6 Å². The first-order valence-electron chi connectivity index (χ1n) is 6.12. The number of primary amides is 1. The number of carbonyl (C=O) groups is 1. The maximum absolute atomic E-state index is 13.2. The number of hydrogen-bond acceptors (Lipinski definition) is 4. The molecule has 0 unspecified atom stereocenters. The Bertz CT molecular complexity index is 663. The maximum atomic E-state index is 13.2. The van der Waals surface area contributed by atoms with Gasteiger partial charge in [-0.1, -0.05) is 0 Å². The summed E-state index contributed by atoms with van der Waals surface area (Å²) in [7, 11) is 0. The first-order valence-corrected chi connectivity index (χ1v) is 6.12. The van der Waals surface area contributed by atoms with Crippen molar-refractivity contribution in [2.24, 2.45) is 5.73 Å². The Kier molecular flexibility index (Phi) is 2.92. The van der Waals surface area contributed by atoms with Crippen molar-refractivity contribution in [1.29, 1.82) is 0 Å². The van der Waals surface area contributed by atoms with E-state index in [1.165, 1.54) is 6.26 Å². The number of furan rings is 1. The van der Waals surface area contributed by atoms with Crippen molar-refractivity contribution in [1.82, 2.24) is 9.78 Å². The number of amides is 1. The smallest absolute Gasteiger partial charge is 0.410 e. The third-order valence-corrected chi connectivity index (χ3v) is 3.39. The van der Waals surface area contributed by atoms with Crippen LogP contribution in [-0.2, 0) is 0 Å². The number of carbonyl (C=O) groups excluding carboxylic acids is 1. The van der Waals surface area contributed by atoms with Crippen LogP contribution in [0.25, 0.3) is 0 Å². The van der Waals surface area contributed by atoms with Crippen molar-refractivity contribution < 1.29 is 22.4 Å². The lowest BCUT2D eigenvalue weighted by atomic mass is 10.0. The van der Waals surface area contributed by atoms with E-state index in [1.807, 2.05) is 0 Å². The van der Waals surface area contributed by atoms with E-state index in [2.05, 4.69) is 10.4 Å². The van der Waals surface area contributed by atoms with Crippen molar-refractivity contribution in [3.8, 4) is 0 Å². The molecule has 9 heteroatoms. The highest BCUT2D eigenvalue weighted by Gasteiger charge is 2.47. The van der Waals surface area contributed by atoms with Crippen molar-refractivity contribution >= 4 is 11.7 Å². The van der Waals surface area contributed by atoms with E-state index in [9.17, 15) is 18.0 Å². The topological polar surface area (TPSA) is 86.1 Å². The molecular formula is C12H11F3N4O2. The minimum absolute atomic E-state index is 0.0440. The molecule has 3 rings (SSSR count). The summed E-state index contributed by atoms with van der Waals surface area (Å²) in [6.07, 6.45) is -2.37. The minimum Gasteiger partial charge on any atom is -0.467 e. The fourth-order valence-corrected chi connectivity index (χ4v) is 2.42. The van der Waals surface area contributed by atoms with Gasteiger partial charge in [0.15, 0.2) is 6.04 Å². The first-order chi connectivity index (χ1) is 9.88. The van der Waals surface area contributed by atoms with E-state index in [-0.39, 0.29) is 17.8 Å². The van der Waals surface area contributed by atoms with Gasteiger partial charge < -0.3 is 15.5 Å². The van der Waals surface area contributed by atoms with Crippen LogP contribution in [0.5, 0.6) is 0 Å². The van der Waals surface area contributed by atoms with Crippen LogP contribution in [-0.4, -0.2) is 21.9 Å². The molecule has 2 aromatic rings. The molecule has 0 spiro atoms. The quantitative estimate of drug-likeness (QED) is 0.890. The lowest BCUT2D eigenvalue weighted by molar-refractivity contribution is -0.174. The number of nitrogens with zero attached hydrogens (tertiary/aromatic N) is 2. The number of nitrogens with two attached hydrogens (primary N) is 1. The zero-order valence-corrected chi connectivity index (χ0v) is 10.6. The molecule has 0 aromatic carbocycles. The van der Waals surface area contributed by atoms with Gasteiger partial charge in [0.1, 0.15) is 17.1 Å². The van der Waals surface area contributed by atoms with Gasteiger partial charge in [-0.05, 0) is 12.1 Å². The van der Waals surface area contributed by atoms with Crippen molar-refractivity contribution in [3.05, 3.63) is 35.9 Å². The molecule has 3 heterocycles. The fraction of sp³-hybridized carbons (Fsp3) is 0.333. The summed E-state index contributed by atoms with van der Waals surface area (Å²) >= 11 is 0.